The third-order valence-electron chi connectivity index (χ3n) is 4.18. The highest BCUT2D eigenvalue weighted by Crippen LogP contribution is 2.34. The van der Waals surface area contributed by atoms with Gasteiger partial charge in [-0.15, -0.1) is 0 Å². The zero-order valence-electron chi connectivity index (χ0n) is 12.6. The molecule has 0 radical (unpaired) electrons. The first kappa shape index (κ1) is 13.6. The first-order valence-corrected chi connectivity index (χ1v) is 7.48. The summed E-state index contributed by atoms with van der Waals surface area (Å²) in [6.45, 7) is 1.88. The van der Waals surface area contributed by atoms with E-state index in [0.717, 1.165) is 16.7 Å². The van der Waals surface area contributed by atoms with E-state index >= 15 is 0 Å². The van der Waals surface area contributed by atoms with E-state index in [1.54, 1.807) is 4.90 Å². The van der Waals surface area contributed by atoms with Crippen LogP contribution >= 0.6 is 0 Å². The van der Waals surface area contributed by atoms with Gasteiger partial charge in [-0.2, -0.15) is 0 Å². The maximum Gasteiger partial charge on any atom is 0.145 e. The summed E-state index contributed by atoms with van der Waals surface area (Å²) in [7, 11) is 0. The van der Waals surface area contributed by atoms with Gasteiger partial charge in [0.2, 0.25) is 0 Å². The van der Waals surface area contributed by atoms with Crippen molar-refractivity contribution >= 4 is 28.1 Å². The van der Waals surface area contributed by atoms with Crippen molar-refractivity contribution in [3.05, 3.63) is 66.2 Å². The second-order valence-corrected chi connectivity index (χ2v) is 5.59. The molecule has 114 valence electrons. The molecule has 1 unspecified atom stereocenters. The topological polar surface area (TPSA) is 76.0 Å². The highest BCUT2D eigenvalue weighted by Gasteiger charge is 2.37. The number of benzene rings is 2. The van der Waals surface area contributed by atoms with Gasteiger partial charge in [-0.1, -0.05) is 30.3 Å². The van der Waals surface area contributed by atoms with Crippen LogP contribution in [0, 0.1) is 5.41 Å². The molecule has 4 rings (SSSR count). The number of aromatic nitrogens is 2. The van der Waals surface area contributed by atoms with Gasteiger partial charge in [-0.3, -0.25) is 5.41 Å². The van der Waals surface area contributed by atoms with Crippen molar-refractivity contribution in [1.82, 2.24) is 9.97 Å². The van der Waals surface area contributed by atoms with Crippen LogP contribution in [0.4, 0.5) is 5.69 Å². The largest absolute Gasteiger partial charge is 0.509 e. The van der Waals surface area contributed by atoms with Gasteiger partial charge >= 0.3 is 0 Å². The summed E-state index contributed by atoms with van der Waals surface area (Å²) in [5.41, 5.74) is 3.04. The number of aliphatic hydroxyl groups is 1. The van der Waals surface area contributed by atoms with Gasteiger partial charge in [-0.25, -0.2) is 4.98 Å². The summed E-state index contributed by atoms with van der Waals surface area (Å²) >= 11 is 0. The molecule has 0 spiro atoms. The van der Waals surface area contributed by atoms with Crippen molar-refractivity contribution in [2.24, 2.45) is 0 Å². The summed E-state index contributed by atoms with van der Waals surface area (Å²) in [6, 6.07) is 17.0. The number of nitrogens with one attached hydrogen (secondary N) is 2. The van der Waals surface area contributed by atoms with Gasteiger partial charge in [0.15, 0.2) is 0 Å². The van der Waals surface area contributed by atoms with Crippen LogP contribution in [-0.4, -0.2) is 27.0 Å². The zero-order chi connectivity index (χ0) is 16.0. The van der Waals surface area contributed by atoms with E-state index in [4.69, 9.17) is 5.41 Å². The van der Waals surface area contributed by atoms with Crippen LogP contribution in [0.1, 0.15) is 12.7 Å². The number of aromatic amines is 1. The van der Waals surface area contributed by atoms with Gasteiger partial charge in [0.05, 0.1) is 22.6 Å². The predicted octanol–water partition coefficient (Wildman–Crippen LogP) is 3.72. The Morgan fingerprint density at radius 3 is 2.52 bits per heavy atom. The Bertz CT molecular complexity index is 893. The Hall–Kier alpha value is -3.08. The number of hydrogen-bond acceptors (Lipinski definition) is 3. The Morgan fingerprint density at radius 1 is 1.09 bits per heavy atom. The van der Waals surface area contributed by atoms with E-state index in [1.807, 2.05) is 61.5 Å². The lowest BCUT2D eigenvalue weighted by atomic mass is 10.2. The van der Waals surface area contributed by atoms with Gasteiger partial charge < -0.3 is 15.0 Å². The van der Waals surface area contributed by atoms with E-state index in [9.17, 15) is 5.11 Å². The van der Waals surface area contributed by atoms with Crippen LogP contribution in [0.2, 0.25) is 0 Å². The lowest BCUT2D eigenvalue weighted by Crippen LogP contribution is -2.33. The average Bonchev–Trinajstić information content (AvgIpc) is 3.07. The number of amidine groups is 1. The molecule has 0 bridgehead atoms. The molecular formula is C18H16N4O. The number of aliphatic hydroxyl groups excluding tert-OH is 1. The van der Waals surface area contributed by atoms with Crippen LogP contribution in [0.3, 0.4) is 0 Å². The number of H-pyrrole nitrogens is 1. The van der Waals surface area contributed by atoms with E-state index in [2.05, 4.69) is 9.97 Å². The third kappa shape index (κ3) is 2.01. The molecule has 1 aromatic heterocycles. The fraction of sp³-hybridized carbons (Fsp3) is 0.111. The molecule has 3 aromatic rings. The summed E-state index contributed by atoms with van der Waals surface area (Å²) in [5.74, 6) is 0.942. The molecule has 2 heterocycles. The number of hydrogen-bond donors (Lipinski definition) is 3. The van der Waals surface area contributed by atoms with Crippen LogP contribution in [0.15, 0.2) is 60.4 Å². The lowest BCUT2D eigenvalue weighted by molar-refractivity contribution is 0.384. The number of fused-ring (bicyclic) bond motifs is 1. The standard InChI is InChI=1S/C18H16N4O/c1-11-16(23)15(17(19)22(11)12-7-3-2-4-8-12)18-20-13-9-5-6-10-14(13)21-18/h2-11,19,23H,1H3,(H,20,21). The number of rotatable bonds is 2. The number of imidazole rings is 1. The predicted molar refractivity (Wildman–Crippen MR) is 91.8 cm³/mol. The Labute approximate surface area is 133 Å². The molecule has 0 aliphatic carbocycles. The van der Waals surface area contributed by atoms with Crippen molar-refractivity contribution in [3.8, 4) is 0 Å². The Morgan fingerprint density at radius 2 is 1.78 bits per heavy atom. The molecule has 5 heteroatoms. The van der Waals surface area contributed by atoms with Crippen molar-refractivity contribution in [2.75, 3.05) is 4.90 Å². The maximum atomic E-state index is 10.6. The Kier molecular flexibility index (Phi) is 2.94. The second-order valence-electron chi connectivity index (χ2n) is 5.59. The van der Waals surface area contributed by atoms with Gasteiger partial charge in [0, 0.05) is 5.69 Å². The summed E-state index contributed by atoms with van der Waals surface area (Å²) in [5, 5.41) is 19.1. The number of para-hydroxylation sites is 3. The van der Waals surface area contributed by atoms with Gasteiger partial charge in [0.1, 0.15) is 17.4 Å². The smallest absolute Gasteiger partial charge is 0.145 e. The van der Waals surface area contributed by atoms with Gasteiger partial charge in [-0.05, 0) is 31.2 Å². The monoisotopic (exact) mass is 304 g/mol. The van der Waals surface area contributed by atoms with E-state index in [0.29, 0.717) is 11.4 Å². The summed E-state index contributed by atoms with van der Waals surface area (Å²) < 4.78 is 0. The van der Waals surface area contributed by atoms with Crippen LogP contribution in [-0.2, 0) is 0 Å². The molecule has 0 saturated carbocycles. The zero-order valence-corrected chi connectivity index (χ0v) is 12.6. The second kappa shape index (κ2) is 4.98. The first-order chi connectivity index (χ1) is 11.2. The minimum Gasteiger partial charge on any atom is -0.509 e. The van der Waals surface area contributed by atoms with Crippen molar-refractivity contribution in [3.63, 3.8) is 0 Å². The fourth-order valence-corrected chi connectivity index (χ4v) is 3.01. The van der Waals surface area contributed by atoms with Crippen molar-refractivity contribution < 1.29 is 5.11 Å². The highest BCUT2D eigenvalue weighted by molar-refractivity contribution is 6.30. The molecular weight excluding hydrogens is 288 g/mol. The minimum absolute atomic E-state index is 0.165. The molecule has 1 aliphatic heterocycles. The first-order valence-electron chi connectivity index (χ1n) is 7.48. The van der Waals surface area contributed by atoms with Crippen molar-refractivity contribution in [1.29, 1.82) is 5.41 Å². The number of anilines is 1. The molecule has 2 aromatic carbocycles. The molecule has 23 heavy (non-hydrogen) atoms. The lowest BCUT2D eigenvalue weighted by Gasteiger charge is -2.24. The van der Waals surface area contributed by atoms with Crippen molar-refractivity contribution in [2.45, 2.75) is 13.0 Å². The molecule has 0 saturated heterocycles. The molecule has 1 atom stereocenters. The van der Waals surface area contributed by atoms with Crippen LogP contribution in [0.25, 0.3) is 16.6 Å². The molecule has 0 fully saturated rings. The van der Waals surface area contributed by atoms with Crippen LogP contribution in [0.5, 0.6) is 0 Å². The highest BCUT2D eigenvalue weighted by atomic mass is 16.3. The fourth-order valence-electron chi connectivity index (χ4n) is 3.01. The third-order valence-corrected chi connectivity index (χ3v) is 4.18. The molecule has 3 N–H and O–H groups in total. The summed E-state index contributed by atoms with van der Waals surface area (Å²) in [6.07, 6.45) is 0. The molecule has 5 nitrogen and oxygen atoms in total. The number of nitrogens with zero attached hydrogens (tertiary/aromatic N) is 2. The van der Waals surface area contributed by atoms with E-state index < -0.39 is 0 Å². The van der Waals surface area contributed by atoms with E-state index in [-0.39, 0.29) is 17.6 Å². The minimum atomic E-state index is -0.298. The molecule has 0 amide bonds. The van der Waals surface area contributed by atoms with Crippen LogP contribution < -0.4 is 4.90 Å². The maximum absolute atomic E-state index is 10.6. The van der Waals surface area contributed by atoms with E-state index in [1.165, 1.54) is 0 Å². The average molecular weight is 304 g/mol. The normalized spacial score (nSPS) is 18.2. The van der Waals surface area contributed by atoms with Gasteiger partial charge in [0.25, 0.3) is 0 Å². The molecule has 1 aliphatic rings. The SMILES string of the molecule is CC1C(O)=C(c2nc3ccccc3[nH]2)C(=N)N1c1ccccc1. The quantitative estimate of drug-likeness (QED) is 0.675. The summed E-state index contributed by atoms with van der Waals surface area (Å²) in [4.78, 5) is 9.52. The Balaban J connectivity index is 1.81.